The largest absolute Gasteiger partial charge is 0.512 e. The second kappa shape index (κ2) is 15.3. The minimum absolute atomic E-state index is 0. The zero-order chi connectivity index (χ0) is 35.7. The van der Waals surface area contributed by atoms with Gasteiger partial charge >= 0.3 is 0 Å². The van der Waals surface area contributed by atoms with Crippen molar-refractivity contribution in [2.24, 2.45) is 10.8 Å². The molecule has 0 saturated carbocycles. The number of allylic oxidation sites excluding steroid dienone is 2. The molecule has 0 spiro atoms. The second-order valence-electron chi connectivity index (χ2n) is 15.0. The molecule has 0 saturated heterocycles. The average Bonchev–Trinajstić information content (AvgIpc) is 3.36. The van der Waals surface area contributed by atoms with Gasteiger partial charge < -0.3 is 5.11 Å². The van der Waals surface area contributed by atoms with Crippen molar-refractivity contribution in [3.63, 3.8) is 0 Å². The van der Waals surface area contributed by atoms with Crippen molar-refractivity contribution in [1.29, 1.82) is 0 Å². The molecule has 1 radical (unpaired) electrons. The summed E-state index contributed by atoms with van der Waals surface area (Å²) in [6.45, 7) is 21.1. The average molecular weight is 846 g/mol. The first-order valence-electron chi connectivity index (χ1n) is 18.0. The zero-order valence-electron chi connectivity index (χ0n) is 31.5. The summed E-state index contributed by atoms with van der Waals surface area (Å²) < 4.78 is 0. The SMILES string of the molecule is CC(C)c1c[c-]c(-c2ncnc3c2-c2ccc4ccccc4c2C3(C)C)c2ccccc12.CCC(C)(CC)C(=O)/C=C(\O)C(C)(CC)CC.[Ir]. The van der Waals surface area contributed by atoms with E-state index in [4.69, 9.17) is 9.97 Å². The summed E-state index contributed by atoms with van der Waals surface area (Å²) in [5.74, 6) is 0.723. The molecule has 265 valence electrons. The van der Waals surface area contributed by atoms with E-state index in [-0.39, 0.29) is 47.9 Å². The predicted molar refractivity (Wildman–Crippen MR) is 206 cm³/mol. The monoisotopic (exact) mass is 846 g/mol. The number of aliphatic hydroxyl groups is 1. The molecule has 1 N–H and O–H groups in total. The van der Waals surface area contributed by atoms with Gasteiger partial charge in [-0.1, -0.05) is 147 Å². The Kier molecular flexibility index (Phi) is 12.0. The predicted octanol–water partition coefficient (Wildman–Crippen LogP) is 12.3. The molecule has 6 rings (SSSR count). The maximum absolute atomic E-state index is 12.2. The van der Waals surface area contributed by atoms with Crippen LogP contribution in [0.25, 0.3) is 43.9 Å². The Balaban J connectivity index is 0.000000269. The van der Waals surface area contributed by atoms with Gasteiger partial charge in [-0.25, -0.2) is 4.98 Å². The molecule has 4 nitrogen and oxygen atoms in total. The molecule has 1 aliphatic rings. The molecule has 0 amide bonds. The molecule has 5 heteroatoms. The van der Waals surface area contributed by atoms with E-state index < -0.39 is 0 Å². The van der Waals surface area contributed by atoms with Crippen molar-refractivity contribution in [1.82, 2.24) is 9.97 Å². The van der Waals surface area contributed by atoms with Crippen molar-refractivity contribution < 1.29 is 30.0 Å². The van der Waals surface area contributed by atoms with Crippen LogP contribution >= 0.6 is 0 Å². The topological polar surface area (TPSA) is 63.1 Å². The first-order chi connectivity index (χ1) is 23.3. The second-order valence-corrected chi connectivity index (χ2v) is 15.0. The number of hydrogen-bond acceptors (Lipinski definition) is 4. The molecule has 4 aromatic carbocycles. The third kappa shape index (κ3) is 6.84. The van der Waals surface area contributed by atoms with Gasteiger partial charge in [0.05, 0.1) is 5.69 Å². The van der Waals surface area contributed by atoms with Gasteiger partial charge in [-0.3, -0.25) is 9.78 Å². The zero-order valence-corrected chi connectivity index (χ0v) is 33.9. The molecule has 0 aliphatic heterocycles. The number of rotatable bonds is 9. The van der Waals surface area contributed by atoms with E-state index >= 15 is 0 Å². The Morgan fingerprint density at radius 1 is 0.840 bits per heavy atom. The smallest absolute Gasteiger partial charge is 0.164 e. The van der Waals surface area contributed by atoms with Crippen LogP contribution in [0.15, 0.2) is 84.9 Å². The number of benzene rings is 4. The fraction of sp³-hybridized carbons (Fsp3) is 0.400. The molecule has 1 aliphatic carbocycles. The van der Waals surface area contributed by atoms with E-state index in [1.807, 2.05) is 41.5 Å². The number of aromatic nitrogens is 2. The Hall–Kier alpha value is -3.66. The fourth-order valence-corrected chi connectivity index (χ4v) is 7.19. The van der Waals surface area contributed by atoms with Crippen LogP contribution in [0.2, 0.25) is 0 Å². The van der Waals surface area contributed by atoms with Crippen molar-refractivity contribution >= 4 is 27.3 Å². The van der Waals surface area contributed by atoms with Gasteiger partial charge in [-0.15, -0.1) is 23.3 Å². The minimum Gasteiger partial charge on any atom is -0.512 e. The van der Waals surface area contributed by atoms with E-state index in [1.54, 1.807) is 6.33 Å². The molecule has 0 atom stereocenters. The van der Waals surface area contributed by atoms with Crippen LogP contribution in [0.4, 0.5) is 0 Å². The third-order valence-corrected chi connectivity index (χ3v) is 11.6. The van der Waals surface area contributed by atoms with Crippen molar-refractivity contribution in [3.05, 3.63) is 108 Å². The van der Waals surface area contributed by atoms with Crippen LogP contribution in [0.3, 0.4) is 0 Å². The number of hydrogen-bond donors (Lipinski definition) is 1. The Bertz CT molecular complexity index is 2030. The van der Waals surface area contributed by atoms with E-state index in [0.29, 0.717) is 5.92 Å². The number of carbonyl (C=O) groups excluding carboxylic acids is 1. The summed E-state index contributed by atoms with van der Waals surface area (Å²) in [5, 5.41) is 15.2. The third-order valence-electron chi connectivity index (χ3n) is 11.6. The maximum atomic E-state index is 12.2. The normalized spacial score (nSPS) is 13.8. The van der Waals surface area contributed by atoms with Crippen LogP contribution in [0.5, 0.6) is 0 Å². The first-order valence-corrected chi connectivity index (χ1v) is 18.0. The molecule has 0 unspecified atom stereocenters. The molecule has 1 aromatic heterocycles. The van der Waals surface area contributed by atoms with Gasteiger partial charge in [0.2, 0.25) is 0 Å². The van der Waals surface area contributed by atoms with Gasteiger partial charge in [0.1, 0.15) is 12.1 Å². The van der Waals surface area contributed by atoms with Gasteiger partial charge in [0, 0.05) is 42.4 Å². The molecule has 0 fully saturated rings. The molecule has 1 heterocycles. The van der Waals surface area contributed by atoms with Crippen LogP contribution in [0.1, 0.15) is 118 Å². The van der Waals surface area contributed by atoms with E-state index in [9.17, 15) is 9.90 Å². The molecule has 0 bridgehead atoms. The number of fused-ring (bicyclic) bond motifs is 6. The minimum atomic E-state index is -0.337. The van der Waals surface area contributed by atoms with Crippen molar-refractivity contribution in [3.8, 4) is 22.4 Å². The summed E-state index contributed by atoms with van der Waals surface area (Å²) in [6.07, 6.45) is 6.48. The number of aliphatic hydroxyl groups excluding tert-OH is 1. The summed E-state index contributed by atoms with van der Waals surface area (Å²) in [6, 6.07) is 27.5. The van der Waals surface area contributed by atoms with E-state index in [2.05, 4.69) is 100 Å². The van der Waals surface area contributed by atoms with Crippen LogP contribution in [0, 0.1) is 16.9 Å². The quantitative estimate of drug-likeness (QED) is 0.0912. The fourth-order valence-electron chi connectivity index (χ4n) is 7.19. The number of carbonyl (C=O) groups is 1. The van der Waals surface area contributed by atoms with Crippen LogP contribution in [-0.4, -0.2) is 20.9 Å². The van der Waals surface area contributed by atoms with Gasteiger partial charge in [0.25, 0.3) is 0 Å². The van der Waals surface area contributed by atoms with Crippen LogP contribution < -0.4 is 0 Å². The van der Waals surface area contributed by atoms with Gasteiger partial charge in [-0.2, -0.15) is 0 Å². The van der Waals surface area contributed by atoms with Crippen LogP contribution in [-0.2, 0) is 30.3 Å². The Morgan fingerprint density at radius 3 is 2.02 bits per heavy atom. The van der Waals surface area contributed by atoms with E-state index in [0.717, 1.165) is 48.2 Å². The number of ketones is 1. The molecule has 50 heavy (non-hydrogen) atoms. The molecular weight excluding hydrogens is 793 g/mol. The molecular formula is C45H53IrN2O2-. The van der Waals surface area contributed by atoms with Crippen molar-refractivity contribution in [2.45, 2.75) is 106 Å². The summed E-state index contributed by atoms with van der Waals surface area (Å²) in [5.41, 5.74) is 7.38. The maximum Gasteiger partial charge on any atom is 0.164 e. The summed E-state index contributed by atoms with van der Waals surface area (Å²) in [7, 11) is 0. The van der Waals surface area contributed by atoms with Crippen molar-refractivity contribution in [2.75, 3.05) is 0 Å². The van der Waals surface area contributed by atoms with E-state index in [1.165, 1.54) is 44.3 Å². The van der Waals surface area contributed by atoms with Gasteiger partial charge in [0.15, 0.2) is 5.78 Å². The Labute approximate surface area is 313 Å². The van der Waals surface area contributed by atoms with Gasteiger partial charge in [-0.05, 0) is 58.8 Å². The molecule has 5 aromatic rings. The number of nitrogens with zero attached hydrogens (tertiary/aromatic N) is 2. The first kappa shape index (κ1) is 39.1. The Morgan fingerprint density at radius 2 is 1.42 bits per heavy atom. The standard InChI is InChI=1S/C30H25N2.C15H28O2.Ir/c1-18(2)20-15-16-24(23-12-8-7-11-22(20)23)28-26-25-14-13-19-9-5-6-10-21(19)27(25)30(3,4)29(26)32-17-31-28;1-7-14(5,8-2)12(16)11-13(17)15(6,9-3)10-4;/h5-15,17-18H,1-4H3;11,16H,7-10H2,1-6H3;/q-1;;/b;12-11-;. The summed E-state index contributed by atoms with van der Waals surface area (Å²) >= 11 is 0. The summed E-state index contributed by atoms with van der Waals surface area (Å²) in [4.78, 5) is 21.8.